The molecule has 2 aromatic heterocycles. The zero-order valence-electron chi connectivity index (χ0n) is 26.6. The first kappa shape index (κ1) is 32.4. The quantitative estimate of drug-likeness (QED) is 0.180. The summed E-state index contributed by atoms with van der Waals surface area (Å²) in [6.07, 6.45) is 6.20. The summed E-state index contributed by atoms with van der Waals surface area (Å²) in [7, 11) is 0. The van der Waals surface area contributed by atoms with E-state index in [1.807, 2.05) is 52.0 Å². The molecule has 242 valence electrons. The number of rotatable bonds is 9. The third-order valence-electron chi connectivity index (χ3n) is 8.11. The third kappa shape index (κ3) is 8.58. The van der Waals surface area contributed by atoms with Crippen molar-refractivity contribution in [2.45, 2.75) is 71.4 Å². The van der Waals surface area contributed by atoms with Crippen LogP contribution in [0.5, 0.6) is 0 Å². The van der Waals surface area contributed by atoms with Crippen molar-refractivity contribution in [1.29, 1.82) is 0 Å². The van der Waals surface area contributed by atoms with E-state index in [9.17, 15) is 19.2 Å². The summed E-state index contributed by atoms with van der Waals surface area (Å²) in [6, 6.07) is 11.9. The number of carbonyl (C=O) groups excluding carboxylic acids is 3. The highest BCUT2D eigenvalue weighted by Crippen LogP contribution is 2.29. The number of aryl methyl sites for hydroxylation is 1. The number of amides is 3. The van der Waals surface area contributed by atoms with Gasteiger partial charge in [-0.2, -0.15) is 0 Å². The first-order valence-electron chi connectivity index (χ1n) is 15.6. The first-order valence-corrected chi connectivity index (χ1v) is 15.6. The van der Waals surface area contributed by atoms with Crippen LogP contribution < -0.4 is 21.5 Å². The number of alkyl carbamates (subject to hydrolysis) is 1. The number of aromatic amines is 2. The molecule has 1 atom stereocenters. The average Bonchev–Trinajstić information content (AvgIpc) is 3.39. The second kappa shape index (κ2) is 14.0. The Hall–Kier alpha value is -5.00. The maximum atomic E-state index is 13.7. The molecular weight excluding hydrogens is 586 g/mol. The molecule has 5 rings (SSSR count). The molecule has 1 aliphatic rings. The van der Waals surface area contributed by atoms with Crippen LogP contribution in [0, 0.1) is 18.8 Å². The highest BCUT2D eigenvalue weighted by molar-refractivity contribution is 5.99. The molecule has 0 spiro atoms. The van der Waals surface area contributed by atoms with Crippen molar-refractivity contribution in [2.24, 2.45) is 11.8 Å². The number of nitrogens with one attached hydrogen (secondary N) is 5. The monoisotopic (exact) mass is 627 g/mol. The Bertz CT molecular complexity index is 1750. The summed E-state index contributed by atoms with van der Waals surface area (Å²) in [5.41, 5.74) is 2.87. The summed E-state index contributed by atoms with van der Waals surface area (Å²) >= 11 is 0. The molecule has 2 aromatic carbocycles. The number of H-pyrrole nitrogens is 2. The molecule has 4 aromatic rings. The van der Waals surface area contributed by atoms with Gasteiger partial charge in [0.1, 0.15) is 17.5 Å². The second-order valence-electron chi connectivity index (χ2n) is 12.9. The van der Waals surface area contributed by atoms with Gasteiger partial charge in [0.2, 0.25) is 11.8 Å². The molecule has 1 fully saturated rings. The van der Waals surface area contributed by atoms with Crippen molar-refractivity contribution in [2.75, 3.05) is 11.9 Å². The lowest BCUT2D eigenvalue weighted by molar-refractivity contribution is -0.130. The van der Waals surface area contributed by atoms with Gasteiger partial charge in [0.15, 0.2) is 0 Å². The zero-order valence-corrected chi connectivity index (χ0v) is 26.6. The number of hydrogen-bond donors (Lipinski definition) is 5. The number of nitrogens with zero attached hydrogens (tertiary/aromatic N) is 2. The van der Waals surface area contributed by atoms with Crippen molar-refractivity contribution >= 4 is 34.5 Å². The van der Waals surface area contributed by atoms with Crippen molar-refractivity contribution in [1.82, 2.24) is 30.8 Å². The number of aromatic nitrogens is 4. The van der Waals surface area contributed by atoms with E-state index in [0.29, 0.717) is 41.8 Å². The van der Waals surface area contributed by atoms with Gasteiger partial charge in [-0.3, -0.25) is 24.6 Å². The standard InChI is InChI=1S/C34H41N7O5/c1-20-35-18-25(19-36-20)24-7-5-6-22(14-24)15-29(32(44)38-26-12-13-27-28(16-26)40-41-31(27)43)39-30(42)23-10-8-21(9-11-23)17-37-33(45)46-34(2,3)4/h5-7,12-14,16,18-19,21,23,29H,8-11,15,17H2,1-4H3,(H,37,45)(H,38,44)(H,39,42)(H2,40,41,43). The predicted molar refractivity (Wildman–Crippen MR) is 175 cm³/mol. The fourth-order valence-corrected chi connectivity index (χ4v) is 5.67. The van der Waals surface area contributed by atoms with Gasteiger partial charge in [-0.05, 0) is 88.6 Å². The molecule has 1 unspecified atom stereocenters. The Kier molecular flexibility index (Phi) is 9.84. The van der Waals surface area contributed by atoms with Crippen molar-refractivity contribution in [3.8, 4) is 11.1 Å². The summed E-state index contributed by atoms with van der Waals surface area (Å²) in [4.78, 5) is 59.8. The molecule has 0 radical (unpaired) electrons. The Balaban J connectivity index is 1.26. The van der Waals surface area contributed by atoms with E-state index in [4.69, 9.17) is 4.74 Å². The number of fused-ring (bicyclic) bond motifs is 1. The minimum absolute atomic E-state index is 0.174. The highest BCUT2D eigenvalue weighted by Gasteiger charge is 2.30. The van der Waals surface area contributed by atoms with Gasteiger partial charge < -0.3 is 20.7 Å². The SMILES string of the molecule is Cc1ncc(-c2cccc(CC(NC(=O)C3CCC(CNC(=O)OC(C)(C)C)CC3)C(=O)Nc3ccc4c(=O)[nH][nH]c4c3)c2)cn1. The van der Waals surface area contributed by atoms with Crippen LogP contribution in [-0.2, 0) is 20.7 Å². The summed E-state index contributed by atoms with van der Waals surface area (Å²) in [5, 5.41) is 14.6. The van der Waals surface area contributed by atoms with Gasteiger partial charge >= 0.3 is 6.09 Å². The maximum Gasteiger partial charge on any atom is 0.407 e. The maximum absolute atomic E-state index is 13.7. The normalized spacial score (nSPS) is 17.2. The molecule has 46 heavy (non-hydrogen) atoms. The summed E-state index contributed by atoms with van der Waals surface area (Å²) in [5.74, 6) is 0.135. The largest absolute Gasteiger partial charge is 0.444 e. The van der Waals surface area contributed by atoms with Gasteiger partial charge in [0.25, 0.3) is 5.56 Å². The Morgan fingerprint density at radius 3 is 2.43 bits per heavy atom. The van der Waals surface area contributed by atoms with Gasteiger partial charge in [0.05, 0.1) is 10.9 Å². The minimum Gasteiger partial charge on any atom is -0.444 e. The minimum atomic E-state index is -0.857. The number of benzene rings is 2. The van der Waals surface area contributed by atoms with E-state index in [1.54, 1.807) is 30.6 Å². The fraction of sp³-hybridized carbons (Fsp3) is 0.412. The molecule has 3 amide bonds. The van der Waals surface area contributed by atoms with E-state index in [-0.39, 0.29) is 35.6 Å². The fourth-order valence-electron chi connectivity index (χ4n) is 5.67. The van der Waals surface area contributed by atoms with Crippen LogP contribution in [0.3, 0.4) is 0 Å². The molecule has 2 heterocycles. The van der Waals surface area contributed by atoms with Crippen LogP contribution >= 0.6 is 0 Å². The molecule has 0 bridgehead atoms. The molecule has 12 heteroatoms. The number of ether oxygens (including phenoxy) is 1. The van der Waals surface area contributed by atoms with E-state index in [0.717, 1.165) is 29.5 Å². The lowest BCUT2D eigenvalue weighted by atomic mass is 9.81. The van der Waals surface area contributed by atoms with Gasteiger partial charge in [-0.1, -0.05) is 24.3 Å². The molecular formula is C34H41N7O5. The van der Waals surface area contributed by atoms with Gasteiger partial charge in [-0.15, -0.1) is 0 Å². The summed E-state index contributed by atoms with van der Waals surface area (Å²) in [6.45, 7) is 7.78. The van der Waals surface area contributed by atoms with Gasteiger partial charge in [-0.25, -0.2) is 14.8 Å². The Morgan fingerprint density at radius 1 is 0.978 bits per heavy atom. The van der Waals surface area contributed by atoms with E-state index in [1.165, 1.54) is 0 Å². The lowest BCUT2D eigenvalue weighted by Crippen LogP contribution is -2.48. The third-order valence-corrected chi connectivity index (χ3v) is 8.11. The zero-order chi connectivity index (χ0) is 32.8. The first-order chi connectivity index (χ1) is 21.9. The van der Waals surface area contributed by atoms with Crippen LogP contribution in [-0.4, -0.2) is 56.3 Å². The average molecular weight is 628 g/mol. The molecule has 12 nitrogen and oxygen atoms in total. The van der Waals surface area contributed by atoms with Crippen LogP contribution in [0.4, 0.5) is 10.5 Å². The predicted octanol–water partition coefficient (Wildman–Crippen LogP) is 4.62. The number of hydrogen-bond acceptors (Lipinski definition) is 7. The molecule has 1 aliphatic carbocycles. The van der Waals surface area contributed by atoms with Crippen molar-refractivity contribution in [3.05, 3.63) is 76.6 Å². The van der Waals surface area contributed by atoms with Crippen LogP contribution in [0.15, 0.2) is 59.7 Å². The number of anilines is 1. The van der Waals surface area contributed by atoms with Gasteiger partial charge in [0, 0.05) is 42.5 Å². The topological polar surface area (TPSA) is 171 Å². The Labute approximate surface area is 267 Å². The Morgan fingerprint density at radius 2 is 1.72 bits per heavy atom. The molecule has 1 saturated carbocycles. The van der Waals surface area contributed by atoms with E-state index >= 15 is 0 Å². The summed E-state index contributed by atoms with van der Waals surface area (Å²) < 4.78 is 5.33. The molecule has 0 aliphatic heterocycles. The van der Waals surface area contributed by atoms with E-state index < -0.39 is 17.7 Å². The molecule has 5 N–H and O–H groups in total. The number of carbonyl (C=O) groups is 3. The van der Waals surface area contributed by atoms with Crippen LogP contribution in [0.25, 0.3) is 22.0 Å². The second-order valence-corrected chi connectivity index (χ2v) is 12.9. The highest BCUT2D eigenvalue weighted by atomic mass is 16.6. The van der Waals surface area contributed by atoms with Crippen molar-refractivity contribution in [3.63, 3.8) is 0 Å². The van der Waals surface area contributed by atoms with Crippen LogP contribution in [0.2, 0.25) is 0 Å². The lowest BCUT2D eigenvalue weighted by Gasteiger charge is -2.29. The van der Waals surface area contributed by atoms with E-state index in [2.05, 4.69) is 36.1 Å². The van der Waals surface area contributed by atoms with Crippen LogP contribution in [0.1, 0.15) is 57.8 Å². The van der Waals surface area contributed by atoms with Crippen molar-refractivity contribution < 1.29 is 19.1 Å². The molecule has 0 saturated heterocycles. The smallest absolute Gasteiger partial charge is 0.407 e.